The van der Waals surface area contributed by atoms with Crippen molar-refractivity contribution in [3.05, 3.63) is 0 Å². The molecule has 0 aromatic heterocycles. The Morgan fingerprint density at radius 3 is 2.29 bits per heavy atom. The first-order valence-corrected chi connectivity index (χ1v) is 2.68. The topological polar surface area (TPSA) is 26.0 Å². The van der Waals surface area contributed by atoms with Gasteiger partial charge in [0.1, 0.15) is 6.17 Å². The van der Waals surface area contributed by atoms with E-state index in [9.17, 15) is 4.39 Å². The van der Waals surface area contributed by atoms with Crippen molar-refractivity contribution in [2.75, 3.05) is 6.54 Å². The minimum Gasteiger partial charge on any atom is -0.330 e. The Kier molecular flexibility index (Phi) is 1.28. The average molecular weight is 103 g/mol. The number of halogens is 1. The highest BCUT2D eigenvalue weighted by Gasteiger charge is 2.28. The molecule has 0 radical (unpaired) electrons. The van der Waals surface area contributed by atoms with Gasteiger partial charge in [-0.15, -0.1) is 0 Å². The third kappa shape index (κ3) is 0.752. The summed E-state index contributed by atoms with van der Waals surface area (Å²) in [5, 5.41) is 0. The normalized spacial score (nSPS) is 40.3. The van der Waals surface area contributed by atoms with Gasteiger partial charge in [-0.1, -0.05) is 0 Å². The van der Waals surface area contributed by atoms with Gasteiger partial charge in [-0.05, 0) is 19.4 Å². The van der Waals surface area contributed by atoms with Gasteiger partial charge in [-0.25, -0.2) is 4.39 Å². The van der Waals surface area contributed by atoms with E-state index < -0.39 is 6.17 Å². The average Bonchev–Trinajstić information content (AvgIpc) is 1.65. The molecule has 2 heteroatoms. The summed E-state index contributed by atoms with van der Waals surface area (Å²) in [6, 6.07) is 0. The van der Waals surface area contributed by atoms with Crippen LogP contribution < -0.4 is 5.73 Å². The number of nitrogens with two attached hydrogens (primary N) is 1. The number of hydrogen-bond acceptors (Lipinski definition) is 1. The van der Waals surface area contributed by atoms with Crippen LogP contribution in [0.5, 0.6) is 0 Å². The van der Waals surface area contributed by atoms with Gasteiger partial charge in [0.05, 0.1) is 0 Å². The van der Waals surface area contributed by atoms with Gasteiger partial charge in [-0.3, -0.25) is 0 Å². The molecule has 0 saturated heterocycles. The molecule has 1 rings (SSSR count). The summed E-state index contributed by atoms with van der Waals surface area (Å²) in [6.45, 7) is 0.529. The van der Waals surface area contributed by atoms with E-state index in [1.165, 1.54) is 0 Å². The molecular formula is C5H10FN. The molecule has 0 amide bonds. The van der Waals surface area contributed by atoms with Crippen molar-refractivity contribution in [3.63, 3.8) is 0 Å². The van der Waals surface area contributed by atoms with Crippen LogP contribution in [-0.2, 0) is 0 Å². The van der Waals surface area contributed by atoms with Gasteiger partial charge in [0, 0.05) is 5.92 Å². The molecule has 0 heterocycles. The first kappa shape index (κ1) is 5.04. The van der Waals surface area contributed by atoms with E-state index in [1.54, 1.807) is 0 Å². The molecule has 1 saturated carbocycles. The summed E-state index contributed by atoms with van der Waals surface area (Å²) < 4.78 is 12.1. The molecule has 42 valence electrons. The standard InChI is InChI=1S/C5H10FN/c6-5-2-1-4(5)3-7/h4-5H,1-3,7H2. The molecule has 2 N–H and O–H groups in total. The van der Waals surface area contributed by atoms with E-state index in [0.29, 0.717) is 6.54 Å². The molecule has 2 unspecified atom stereocenters. The second-order valence-corrected chi connectivity index (χ2v) is 2.09. The molecule has 1 aliphatic carbocycles. The quantitative estimate of drug-likeness (QED) is 0.519. The molecule has 7 heavy (non-hydrogen) atoms. The van der Waals surface area contributed by atoms with Gasteiger partial charge in [-0.2, -0.15) is 0 Å². The molecule has 1 aliphatic rings. The van der Waals surface area contributed by atoms with Gasteiger partial charge in [0.25, 0.3) is 0 Å². The van der Waals surface area contributed by atoms with E-state index in [-0.39, 0.29) is 5.92 Å². The van der Waals surface area contributed by atoms with Crippen LogP contribution in [-0.4, -0.2) is 12.7 Å². The maximum Gasteiger partial charge on any atom is 0.104 e. The summed E-state index contributed by atoms with van der Waals surface area (Å²) in [7, 11) is 0. The van der Waals surface area contributed by atoms with Crippen molar-refractivity contribution in [3.8, 4) is 0 Å². The summed E-state index contributed by atoms with van der Waals surface area (Å²) >= 11 is 0. The fourth-order valence-corrected chi connectivity index (χ4v) is 0.794. The van der Waals surface area contributed by atoms with Crippen LogP contribution in [0.3, 0.4) is 0 Å². The number of alkyl halides is 1. The first-order valence-electron chi connectivity index (χ1n) is 2.68. The van der Waals surface area contributed by atoms with Gasteiger partial charge in [0.2, 0.25) is 0 Å². The lowest BCUT2D eigenvalue weighted by Crippen LogP contribution is -2.33. The Bertz CT molecular complexity index is 63.1. The van der Waals surface area contributed by atoms with Gasteiger partial charge in [0.15, 0.2) is 0 Å². The van der Waals surface area contributed by atoms with Crippen LogP contribution in [0.2, 0.25) is 0 Å². The van der Waals surface area contributed by atoms with Crippen LogP contribution in [0.25, 0.3) is 0 Å². The smallest absolute Gasteiger partial charge is 0.104 e. The molecule has 0 aromatic carbocycles. The van der Waals surface area contributed by atoms with E-state index in [2.05, 4.69) is 0 Å². The van der Waals surface area contributed by atoms with Crippen molar-refractivity contribution in [2.45, 2.75) is 19.0 Å². The highest BCUT2D eigenvalue weighted by molar-refractivity contribution is 4.80. The zero-order valence-corrected chi connectivity index (χ0v) is 4.23. The zero-order valence-electron chi connectivity index (χ0n) is 4.23. The highest BCUT2D eigenvalue weighted by Crippen LogP contribution is 2.28. The molecule has 1 nitrogen and oxygen atoms in total. The van der Waals surface area contributed by atoms with Gasteiger partial charge < -0.3 is 5.73 Å². The Hall–Kier alpha value is -0.110. The molecule has 0 aliphatic heterocycles. The summed E-state index contributed by atoms with van der Waals surface area (Å²) in [5.41, 5.74) is 5.18. The monoisotopic (exact) mass is 103 g/mol. The Morgan fingerprint density at radius 2 is 2.29 bits per heavy atom. The Balaban J connectivity index is 2.16. The van der Waals surface area contributed by atoms with Crippen molar-refractivity contribution in [1.82, 2.24) is 0 Å². The molecule has 2 atom stereocenters. The van der Waals surface area contributed by atoms with Crippen molar-refractivity contribution in [2.24, 2.45) is 11.7 Å². The highest BCUT2D eigenvalue weighted by atomic mass is 19.1. The van der Waals surface area contributed by atoms with Crippen LogP contribution >= 0.6 is 0 Å². The van der Waals surface area contributed by atoms with Crippen molar-refractivity contribution in [1.29, 1.82) is 0 Å². The second kappa shape index (κ2) is 1.78. The second-order valence-electron chi connectivity index (χ2n) is 2.09. The van der Waals surface area contributed by atoms with Gasteiger partial charge >= 0.3 is 0 Å². The summed E-state index contributed by atoms with van der Waals surface area (Å²) in [6.07, 6.45) is 1.16. The van der Waals surface area contributed by atoms with E-state index >= 15 is 0 Å². The van der Waals surface area contributed by atoms with Crippen LogP contribution in [0.4, 0.5) is 4.39 Å². The van der Waals surface area contributed by atoms with E-state index in [0.717, 1.165) is 12.8 Å². The lowest BCUT2D eigenvalue weighted by molar-refractivity contribution is 0.119. The lowest BCUT2D eigenvalue weighted by atomic mass is 9.83. The lowest BCUT2D eigenvalue weighted by Gasteiger charge is -2.28. The van der Waals surface area contributed by atoms with Crippen LogP contribution in [0.15, 0.2) is 0 Å². The minimum atomic E-state index is -0.579. The summed E-state index contributed by atoms with van der Waals surface area (Å²) in [5.74, 6) is 0.194. The molecular weight excluding hydrogens is 93.1 g/mol. The fourth-order valence-electron chi connectivity index (χ4n) is 0.794. The minimum absolute atomic E-state index is 0.194. The number of hydrogen-bond donors (Lipinski definition) is 1. The predicted molar refractivity (Wildman–Crippen MR) is 26.7 cm³/mol. The molecule has 1 fully saturated rings. The maximum absolute atomic E-state index is 12.1. The van der Waals surface area contributed by atoms with E-state index in [4.69, 9.17) is 5.73 Å². The largest absolute Gasteiger partial charge is 0.330 e. The fraction of sp³-hybridized carbons (Fsp3) is 1.00. The summed E-state index contributed by atoms with van der Waals surface area (Å²) in [4.78, 5) is 0. The SMILES string of the molecule is NCC1CCC1F. The Labute approximate surface area is 42.7 Å². The van der Waals surface area contributed by atoms with Crippen LogP contribution in [0.1, 0.15) is 12.8 Å². The molecule has 0 bridgehead atoms. The van der Waals surface area contributed by atoms with E-state index in [1.807, 2.05) is 0 Å². The predicted octanol–water partition coefficient (Wildman–Crippen LogP) is 0.693. The molecule has 0 spiro atoms. The van der Waals surface area contributed by atoms with Crippen molar-refractivity contribution >= 4 is 0 Å². The first-order chi connectivity index (χ1) is 3.34. The van der Waals surface area contributed by atoms with Crippen LogP contribution in [0, 0.1) is 5.92 Å². The zero-order chi connectivity index (χ0) is 5.28. The Morgan fingerprint density at radius 1 is 1.57 bits per heavy atom. The molecule has 0 aromatic rings. The maximum atomic E-state index is 12.1. The third-order valence-corrected chi connectivity index (χ3v) is 1.63. The number of rotatable bonds is 1. The van der Waals surface area contributed by atoms with Crippen molar-refractivity contribution < 1.29 is 4.39 Å². The third-order valence-electron chi connectivity index (χ3n) is 1.63.